The van der Waals surface area contributed by atoms with Crippen molar-refractivity contribution >= 4 is 16.7 Å². The minimum atomic E-state index is -1.31. The van der Waals surface area contributed by atoms with Gasteiger partial charge in [-0.3, -0.25) is 4.98 Å². The van der Waals surface area contributed by atoms with Crippen molar-refractivity contribution in [2.75, 3.05) is 0 Å². The molecule has 0 spiro atoms. The summed E-state index contributed by atoms with van der Waals surface area (Å²) in [4.78, 5) is 4.41. The van der Waals surface area contributed by atoms with E-state index in [-0.39, 0.29) is 0 Å². The number of pyridine rings is 1. The van der Waals surface area contributed by atoms with Gasteiger partial charge in [-0.2, -0.15) is 4.40 Å². The predicted molar refractivity (Wildman–Crippen MR) is 91.8 cm³/mol. The van der Waals surface area contributed by atoms with Crippen LogP contribution in [0.15, 0.2) is 33.3 Å². The van der Waals surface area contributed by atoms with Crippen LogP contribution in [-0.4, -0.2) is 24.8 Å². The van der Waals surface area contributed by atoms with Crippen molar-refractivity contribution in [2.45, 2.75) is 51.2 Å². The summed E-state index contributed by atoms with van der Waals surface area (Å²) in [6.45, 7) is 7.46. The number of aromatic nitrogens is 2. The highest BCUT2D eigenvalue weighted by atomic mass is 32.2. The lowest BCUT2D eigenvalue weighted by molar-refractivity contribution is 0.416. The number of hydrogen-bond acceptors (Lipinski definition) is 4. The van der Waals surface area contributed by atoms with Crippen molar-refractivity contribution in [3.05, 3.63) is 35.9 Å². The summed E-state index contributed by atoms with van der Waals surface area (Å²) in [5.74, 6) is 1.14. The molecule has 0 amide bonds. The highest BCUT2D eigenvalue weighted by molar-refractivity contribution is 7.85. The third kappa shape index (κ3) is 3.75. The molecule has 0 N–H and O–H groups in total. The van der Waals surface area contributed by atoms with E-state index in [1.54, 1.807) is 6.92 Å². The maximum Gasteiger partial charge on any atom is 0.182 e. The average Bonchev–Trinajstić information content (AvgIpc) is 3.23. The smallest absolute Gasteiger partial charge is 0.182 e. The van der Waals surface area contributed by atoms with Gasteiger partial charge in [-0.05, 0) is 52.7 Å². The second-order valence-corrected chi connectivity index (χ2v) is 8.76. The van der Waals surface area contributed by atoms with Gasteiger partial charge >= 0.3 is 0 Å². The highest BCUT2D eigenvalue weighted by Crippen LogP contribution is 2.39. The molecule has 0 aromatic carbocycles. The Morgan fingerprint density at radius 2 is 2.09 bits per heavy atom. The molecule has 122 valence electrons. The van der Waals surface area contributed by atoms with E-state index < -0.39 is 15.7 Å². The normalized spacial score (nSPS) is 17.3. The Morgan fingerprint density at radius 1 is 1.35 bits per heavy atom. The van der Waals surface area contributed by atoms with Crippen molar-refractivity contribution < 1.29 is 8.73 Å². The maximum absolute atomic E-state index is 12.1. The zero-order chi connectivity index (χ0) is 16.6. The molecule has 3 rings (SSSR count). The topological polar surface area (TPSA) is 68.3 Å². The fraction of sp³-hybridized carbons (Fsp3) is 0.471. The predicted octanol–water partition coefficient (Wildman–Crippen LogP) is 3.89. The van der Waals surface area contributed by atoms with Crippen LogP contribution in [0.4, 0.5) is 0 Å². The molecular formula is C17H21N3O2S. The molecule has 0 saturated heterocycles. The lowest BCUT2D eigenvalue weighted by Gasteiger charge is -2.13. The fourth-order valence-electron chi connectivity index (χ4n) is 2.10. The Balaban J connectivity index is 1.84. The number of rotatable bonds is 4. The van der Waals surface area contributed by atoms with Gasteiger partial charge in [-0.1, -0.05) is 5.16 Å². The Labute approximate surface area is 138 Å². The molecule has 0 bridgehead atoms. The minimum absolute atomic E-state index is 0.394. The van der Waals surface area contributed by atoms with Gasteiger partial charge in [0.25, 0.3) is 0 Å². The summed E-state index contributed by atoms with van der Waals surface area (Å²) < 4.78 is 21.3. The van der Waals surface area contributed by atoms with Gasteiger partial charge in [-0.25, -0.2) is 4.21 Å². The lowest BCUT2D eigenvalue weighted by atomic mass is 10.1. The van der Waals surface area contributed by atoms with Crippen LogP contribution in [0, 0.1) is 0 Å². The van der Waals surface area contributed by atoms with E-state index in [4.69, 9.17) is 4.52 Å². The van der Waals surface area contributed by atoms with Gasteiger partial charge in [0.1, 0.15) is 16.7 Å². The number of nitrogens with zero attached hydrogens (tertiary/aromatic N) is 3. The molecule has 1 atom stereocenters. The van der Waals surface area contributed by atoms with E-state index in [1.807, 2.05) is 39.1 Å². The van der Waals surface area contributed by atoms with Crippen LogP contribution < -0.4 is 0 Å². The molecule has 0 radical (unpaired) electrons. The van der Waals surface area contributed by atoms with Crippen LogP contribution in [-0.2, 0) is 11.0 Å². The molecule has 2 heterocycles. The molecule has 0 aliphatic heterocycles. The van der Waals surface area contributed by atoms with E-state index >= 15 is 0 Å². The summed E-state index contributed by atoms with van der Waals surface area (Å²) in [6.07, 6.45) is 4.24. The molecule has 2 aromatic heterocycles. The highest BCUT2D eigenvalue weighted by Gasteiger charge is 2.25. The maximum atomic E-state index is 12.1. The molecule has 2 aromatic rings. The zero-order valence-corrected chi connectivity index (χ0v) is 14.7. The van der Waals surface area contributed by atoms with Crippen molar-refractivity contribution in [1.29, 1.82) is 0 Å². The van der Waals surface area contributed by atoms with E-state index in [2.05, 4.69) is 20.6 Å². The average molecular weight is 331 g/mol. The van der Waals surface area contributed by atoms with E-state index in [9.17, 15) is 4.21 Å². The summed E-state index contributed by atoms with van der Waals surface area (Å²) in [7, 11) is -1.31. The molecular weight excluding hydrogens is 310 g/mol. The van der Waals surface area contributed by atoms with Crippen molar-refractivity contribution in [2.24, 2.45) is 4.40 Å². The Hall–Kier alpha value is -1.82. The summed E-state index contributed by atoms with van der Waals surface area (Å²) in [6, 6.07) is 5.83. The Bertz CT molecular complexity index is 770. The first-order valence-electron chi connectivity index (χ1n) is 7.75. The summed E-state index contributed by atoms with van der Waals surface area (Å²) in [5.41, 5.74) is 3.45. The Kier molecular flexibility index (Phi) is 4.19. The first-order chi connectivity index (χ1) is 10.8. The van der Waals surface area contributed by atoms with Gasteiger partial charge in [0.05, 0.1) is 10.5 Å². The second-order valence-electron chi connectivity index (χ2n) is 6.86. The van der Waals surface area contributed by atoms with Gasteiger partial charge in [0.15, 0.2) is 5.76 Å². The van der Waals surface area contributed by atoms with E-state index in [0.29, 0.717) is 17.4 Å². The largest absolute Gasteiger partial charge is 0.354 e. The third-order valence-electron chi connectivity index (χ3n) is 3.68. The molecule has 5 nitrogen and oxygen atoms in total. The first kappa shape index (κ1) is 16.1. The van der Waals surface area contributed by atoms with Crippen LogP contribution in [0.25, 0.3) is 11.3 Å². The molecule has 6 heteroatoms. The van der Waals surface area contributed by atoms with Crippen molar-refractivity contribution in [1.82, 2.24) is 10.1 Å². The summed E-state index contributed by atoms with van der Waals surface area (Å²) in [5, 5.41) is 4.12. The van der Waals surface area contributed by atoms with Crippen LogP contribution >= 0.6 is 0 Å². The van der Waals surface area contributed by atoms with Crippen LogP contribution in [0.1, 0.15) is 57.9 Å². The van der Waals surface area contributed by atoms with Crippen molar-refractivity contribution in [3.8, 4) is 11.3 Å². The van der Waals surface area contributed by atoms with Crippen LogP contribution in [0.3, 0.4) is 0 Å². The van der Waals surface area contributed by atoms with Crippen LogP contribution in [0.2, 0.25) is 0 Å². The minimum Gasteiger partial charge on any atom is -0.354 e. The van der Waals surface area contributed by atoms with E-state index in [1.165, 1.54) is 12.8 Å². The molecule has 1 fully saturated rings. The van der Waals surface area contributed by atoms with Gasteiger partial charge in [0, 0.05) is 29.4 Å². The molecule has 1 unspecified atom stereocenters. The molecule has 1 aliphatic carbocycles. The standard InChI is InChI=1S/C17H21N3O2S/c1-11(20-23(21)17(2,3)4)16-10-15(19-22-16)13-7-8-18-14(9-13)12-5-6-12/h7-10,12H,5-6H2,1-4H3. The summed E-state index contributed by atoms with van der Waals surface area (Å²) >= 11 is 0. The molecule has 23 heavy (non-hydrogen) atoms. The van der Waals surface area contributed by atoms with E-state index in [0.717, 1.165) is 17.0 Å². The Morgan fingerprint density at radius 3 is 2.74 bits per heavy atom. The zero-order valence-electron chi connectivity index (χ0n) is 13.9. The fourth-order valence-corrected chi connectivity index (χ4v) is 2.71. The lowest BCUT2D eigenvalue weighted by Crippen LogP contribution is -2.20. The molecule has 1 saturated carbocycles. The van der Waals surface area contributed by atoms with Gasteiger partial charge < -0.3 is 4.52 Å². The van der Waals surface area contributed by atoms with Crippen molar-refractivity contribution in [3.63, 3.8) is 0 Å². The molecule has 1 aliphatic rings. The first-order valence-corrected chi connectivity index (χ1v) is 8.86. The quantitative estimate of drug-likeness (QED) is 0.797. The van der Waals surface area contributed by atoms with Crippen LogP contribution in [0.5, 0.6) is 0 Å². The monoisotopic (exact) mass is 331 g/mol. The third-order valence-corrected chi connectivity index (χ3v) is 5.17. The van der Waals surface area contributed by atoms with Gasteiger partial charge in [0.2, 0.25) is 0 Å². The second kappa shape index (κ2) is 6.00. The van der Waals surface area contributed by atoms with Gasteiger partial charge in [-0.15, -0.1) is 0 Å². The SMILES string of the molecule is CC(=NS(=O)C(C)(C)C)c1cc(-c2ccnc(C3CC3)c2)no1. The number of hydrogen-bond donors (Lipinski definition) is 0.